The van der Waals surface area contributed by atoms with Crippen molar-refractivity contribution in [2.75, 3.05) is 19.6 Å². The van der Waals surface area contributed by atoms with Crippen molar-refractivity contribution >= 4 is 11.6 Å². The van der Waals surface area contributed by atoms with Crippen LogP contribution in [-0.2, 0) is 6.54 Å². The molecule has 3 rings (SSSR count). The largest absolute Gasteiger partial charge is 0.387 e. The molecule has 0 spiro atoms. The number of halogens is 1. The number of aliphatic hydroxyl groups excluding tert-OH is 1. The zero-order valence-electron chi connectivity index (χ0n) is 13.4. The van der Waals surface area contributed by atoms with E-state index >= 15 is 0 Å². The molecular weight excluding hydrogens is 312 g/mol. The molecular formula is C17H23ClN4O. The highest BCUT2D eigenvalue weighted by Crippen LogP contribution is 2.27. The van der Waals surface area contributed by atoms with E-state index in [4.69, 9.17) is 11.6 Å². The molecule has 0 radical (unpaired) electrons. The molecule has 6 heteroatoms. The Hall–Kier alpha value is -1.43. The number of piperidine rings is 1. The highest BCUT2D eigenvalue weighted by atomic mass is 35.5. The third-order valence-electron chi connectivity index (χ3n) is 4.52. The average Bonchev–Trinajstić information content (AvgIpc) is 3.04. The van der Waals surface area contributed by atoms with Gasteiger partial charge in [-0.05, 0) is 44.0 Å². The molecule has 0 bridgehead atoms. The van der Waals surface area contributed by atoms with E-state index < -0.39 is 6.10 Å². The maximum atomic E-state index is 10.5. The average molecular weight is 335 g/mol. The Balaban J connectivity index is 1.65. The van der Waals surface area contributed by atoms with Crippen LogP contribution in [0.2, 0.25) is 5.02 Å². The highest BCUT2D eigenvalue weighted by molar-refractivity contribution is 6.30. The summed E-state index contributed by atoms with van der Waals surface area (Å²) in [7, 11) is 0. The highest BCUT2D eigenvalue weighted by Gasteiger charge is 2.26. The molecule has 2 atom stereocenters. The van der Waals surface area contributed by atoms with Crippen molar-refractivity contribution < 1.29 is 5.11 Å². The molecule has 2 unspecified atom stereocenters. The second kappa shape index (κ2) is 7.43. The van der Waals surface area contributed by atoms with Gasteiger partial charge in [0.1, 0.15) is 12.2 Å². The molecule has 0 saturated carbocycles. The summed E-state index contributed by atoms with van der Waals surface area (Å²) in [4.78, 5) is 2.31. The van der Waals surface area contributed by atoms with Crippen LogP contribution in [0.25, 0.3) is 0 Å². The van der Waals surface area contributed by atoms with E-state index in [0.29, 0.717) is 17.5 Å². The minimum Gasteiger partial charge on any atom is -0.387 e. The summed E-state index contributed by atoms with van der Waals surface area (Å²) in [6.07, 6.45) is 3.53. The van der Waals surface area contributed by atoms with Gasteiger partial charge in [-0.15, -0.1) is 10.2 Å². The van der Waals surface area contributed by atoms with Crippen LogP contribution in [0.3, 0.4) is 0 Å². The first kappa shape index (κ1) is 16.4. The van der Waals surface area contributed by atoms with E-state index in [0.717, 1.165) is 43.9 Å². The number of β-amino-alcohol motifs (C(OH)–C–C–N with tert-alkyl or cyclic N) is 1. The standard InChI is InChI=1S/C17H23ClN4O/c1-2-22-12-19-20-17(22)14-6-4-8-21(10-14)11-16(23)13-5-3-7-15(18)9-13/h3,5,7,9,12,14,16,23H,2,4,6,8,10-11H2,1H3. The summed E-state index contributed by atoms with van der Waals surface area (Å²) >= 11 is 6.01. The molecule has 5 nitrogen and oxygen atoms in total. The molecule has 2 aromatic rings. The molecule has 1 saturated heterocycles. The molecule has 0 aliphatic carbocycles. The SMILES string of the molecule is CCn1cnnc1C1CCCN(CC(O)c2cccc(Cl)c2)C1. The van der Waals surface area contributed by atoms with Crippen LogP contribution >= 0.6 is 11.6 Å². The third-order valence-corrected chi connectivity index (χ3v) is 4.76. The first-order valence-electron chi connectivity index (χ1n) is 8.21. The van der Waals surface area contributed by atoms with E-state index in [-0.39, 0.29) is 0 Å². The number of nitrogens with zero attached hydrogens (tertiary/aromatic N) is 4. The zero-order valence-corrected chi connectivity index (χ0v) is 14.2. The number of aliphatic hydroxyl groups is 1. The number of aryl methyl sites for hydroxylation is 1. The first-order valence-corrected chi connectivity index (χ1v) is 8.58. The monoisotopic (exact) mass is 334 g/mol. The number of likely N-dealkylation sites (tertiary alicyclic amines) is 1. The number of hydrogen-bond acceptors (Lipinski definition) is 4. The van der Waals surface area contributed by atoms with E-state index in [1.54, 1.807) is 6.33 Å². The molecule has 1 aliphatic heterocycles. The van der Waals surface area contributed by atoms with Crippen LogP contribution in [0.4, 0.5) is 0 Å². The Labute approximate surface area is 141 Å². The van der Waals surface area contributed by atoms with Gasteiger partial charge >= 0.3 is 0 Å². The summed E-state index contributed by atoms with van der Waals surface area (Å²) in [6.45, 7) is 5.54. The van der Waals surface area contributed by atoms with Crippen LogP contribution < -0.4 is 0 Å². The van der Waals surface area contributed by atoms with Gasteiger partial charge in [0.15, 0.2) is 0 Å². The number of aromatic nitrogens is 3. The molecule has 1 aliphatic rings. The van der Waals surface area contributed by atoms with Gasteiger partial charge in [-0.2, -0.15) is 0 Å². The fourth-order valence-corrected chi connectivity index (χ4v) is 3.52. The van der Waals surface area contributed by atoms with E-state index in [2.05, 4.69) is 26.6 Å². The third kappa shape index (κ3) is 3.91. The Bertz CT molecular complexity index is 645. The van der Waals surface area contributed by atoms with Gasteiger partial charge in [0.25, 0.3) is 0 Å². The number of rotatable bonds is 5. The van der Waals surface area contributed by atoms with Gasteiger partial charge < -0.3 is 9.67 Å². The van der Waals surface area contributed by atoms with Crippen LogP contribution in [-0.4, -0.2) is 44.4 Å². The normalized spacial score (nSPS) is 20.6. The lowest BCUT2D eigenvalue weighted by Gasteiger charge is -2.33. The Kier molecular flexibility index (Phi) is 5.30. The van der Waals surface area contributed by atoms with E-state index in [1.165, 1.54) is 0 Å². The summed E-state index contributed by atoms with van der Waals surface area (Å²) in [5, 5.41) is 19.5. The maximum Gasteiger partial charge on any atom is 0.137 e. The molecule has 2 heterocycles. The molecule has 23 heavy (non-hydrogen) atoms. The fourth-order valence-electron chi connectivity index (χ4n) is 3.32. The van der Waals surface area contributed by atoms with Crippen molar-refractivity contribution in [1.29, 1.82) is 0 Å². The van der Waals surface area contributed by atoms with Crippen LogP contribution in [0.1, 0.15) is 43.2 Å². The maximum absolute atomic E-state index is 10.5. The van der Waals surface area contributed by atoms with Crippen LogP contribution in [0, 0.1) is 0 Å². The van der Waals surface area contributed by atoms with Crippen molar-refractivity contribution in [2.24, 2.45) is 0 Å². The molecule has 0 amide bonds. The molecule has 1 N–H and O–H groups in total. The zero-order chi connectivity index (χ0) is 16.2. The van der Waals surface area contributed by atoms with Gasteiger partial charge in [0, 0.05) is 30.6 Å². The lowest BCUT2D eigenvalue weighted by Crippen LogP contribution is -2.38. The van der Waals surface area contributed by atoms with E-state index in [9.17, 15) is 5.11 Å². The molecule has 1 fully saturated rings. The number of hydrogen-bond donors (Lipinski definition) is 1. The van der Waals surface area contributed by atoms with Gasteiger partial charge in [0.05, 0.1) is 6.10 Å². The molecule has 1 aromatic heterocycles. The summed E-state index contributed by atoms with van der Waals surface area (Å²) < 4.78 is 2.11. The van der Waals surface area contributed by atoms with Crippen molar-refractivity contribution in [2.45, 2.75) is 38.3 Å². The van der Waals surface area contributed by atoms with Crippen molar-refractivity contribution in [3.63, 3.8) is 0 Å². The van der Waals surface area contributed by atoms with Crippen LogP contribution in [0.5, 0.6) is 0 Å². The fraction of sp³-hybridized carbons (Fsp3) is 0.529. The van der Waals surface area contributed by atoms with Crippen molar-refractivity contribution in [1.82, 2.24) is 19.7 Å². The first-order chi connectivity index (χ1) is 11.2. The smallest absolute Gasteiger partial charge is 0.137 e. The van der Waals surface area contributed by atoms with Gasteiger partial charge in [-0.3, -0.25) is 4.90 Å². The predicted octanol–water partition coefficient (Wildman–Crippen LogP) is 2.86. The van der Waals surface area contributed by atoms with E-state index in [1.807, 2.05) is 24.3 Å². The number of benzene rings is 1. The second-order valence-electron chi connectivity index (χ2n) is 6.14. The topological polar surface area (TPSA) is 54.2 Å². The lowest BCUT2D eigenvalue weighted by molar-refractivity contribution is 0.0940. The Morgan fingerprint density at radius 2 is 2.30 bits per heavy atom. The second-order valence-corrected chi connectivity index (χ2v) is 6.58. The quantitative estimate of drug-likeness (QED) is 0.913. The summed E-state index contributed by atoms with van der Waals surface area (Å²) in [5.74, 6) is 1.45. The molecule has 1 aromatic carbocycles. The Morgan fingerprint density at radius 3 is 3.09 bits per heavy atom. The van der Waals surface area contributed by atoms with Crippen molar-refractivity contribution in [3.05, 3.63) is 47.0 Å². The summed E-state index contributed by atoms with van der Waals surface area (Å²) in [5.41, 5.74) is 0.872. The van der Waals surface area contributed by atoms with Crippen LogP contribution in [0.15, 0.2) is 30.6 Å². The minimum atomic E-state index is -0.517. The van der Waals surface area contributed by atoms with Gasteiger partial charge in [0.2, 0.25) is 0 Å². The molecule has 124 valence electrons. The Morgan fingerprint density at radius 1 is 1.43 bits per heavy atom. The lowest BCUT2D eigenvalue weighted by atomic mass is 9.96. The predicted molar refractivity (Wildman–Crippen MR) is 90.5 cm³/mol. The van der Waals surface area contributed by atoms with Gasteiger partial charge in [-0.1, -0.05) is 23.7 Å². The minimum absolute atomic E-state index is 0.387. The van der Waals surface area contributed by atoms with Gasteiger partial charge in [-0.25, -0.2) is 0 Å². The summed E-state index contributed by atoms with van der Waals surface area (Å²) in [6, 6.07) is 7.46. The van der Waals surface area contributed by atoms with Crippen molar-refractivity contribution in [3.8, 4) is 0 Å².